The summed E-state index contributed by atoms with van der Waals surface area (Å²) in [4.78, 5) is 4.58. The van der Waals surface area contributed by atoms with E-state index in [-0.39, 0.29) is 0 Å². The fourth-order valence-electron chi connectivity index (χ4n) is 2.64. The van der Waals surface area contributed by atoms with Gasteiger partial charge in [-0.15, -0.1) is 0 Å². The highest BCUT2D eigenvalue weighted by Crippen LogP contribution is 2.35. The third-order valence-corrected chi connectivity index (χ3v) is 3.74. The number of hydrogen-bond acceptors (Lipinski definition) is 4. The van der Waals surface area contributed by atoms with Gasteiger partial charge in [-0.3, -0.25) is 0 Å². The first-order chi connectivity index (χ1) is 8.78. The topological polar surface area (TPSA) is 61.3 Å². The van der Waals surface area contributed by atoms with Crippen molar-refractivity contribution in [2.24, 2.45) is 5.73 Å². The number of para-hydroxylation sites is 1. The SMILES string of the molecule is COc1cccc2nc(C3CCC(N)CC3)oc12. The highest BCUT2D eigenvalue weighted by Gasteiger charge is 2.24. The van der Waals surface area contributed by atoms with E-state index < -0.39 is 0 Å². The molecule has 1 aromatic heterocycles. The molecule has 4 heteroatoms. The average molecular weight is 246 g/mol. The lowest BCUT2D eigenvalue weighted by Gasteiger charge is -2.23. The molecule has 0 aliphatic heterocycles. The summed E-state index contributed by atoms with van der Waals surface area (Å²) in [5.41, 5.74) is 7.55. The molecule has 2 aromatic rings. The van der Waals surface area contributed by atoms with E-state index in [1.54, 1.807) is 7.11 Å². The molecule has 0 bridgehead atoms. The second kappa shape index (κ2) is 4.61. The summed E-state index contributed by atoms with van der Waals surface area (Å²) in [6.45, 7) is 0. The lowest BCUT2D eigenvalue weighted by Crippen LogP contribution is -2.25. The first kappa shape index (κ1) is 11.5. The zero-order valence-corrected chi connectivity index (χ0v) is 10.6. The number of methoxy groups -OCH3 is 1. The van der Waals surface area contributed by atoms with E-state index in [2.05, 4.69) is 4.98 Å². The Morgan fingerprint density at radius 1 is 1.28 bits per heavy atom. The van der Waals surface area contributed by atoms with Crippen LogP contribution in [0.25, 0.3) is 11.1 Å². The molecule has 0 unspecified atom stereocenters. The van der Waals surface area contributed by atoms with Crippen molar-refractivity contribution in [3.05, 3.63) is 24.1 Å². The molecule has 3 rings (SSSR count). The highest BCUT2D eigenvalue weighted by molar-refractivity contribution is 5.79. The van der Waals surface area contributed by atoms with Gasteiger partial charge in [0.15, 0.2) is 17.2 Å². The van der Waals surface area contributed by atoms with Gasteiger partial charge in [-0.05, 0) is 37.8 Å². The number of nitrogens with two attached hydrogens (primary N) is 1. The molecule has 1 aromatic carbocycles. The molecule has 1 heterocycles. The van der Waals surface area contributed by atoms with Gasteiger partial charge in [0.2, 0.25) is 0 Å². The van der Waals surface area contributed by atoms with Crippen LogP contribution in [-0.4, -0.2) is 18.1 Å². The number of oxazole rings is 1. The van der Waals surface area contributed by atoms with Crippen LogP contribution in [0.2, 0.25) is 0 Å². The summed E-state index contributed by atoms with van der Waals surface area (Å²) in [6.07, 6.45) is 4.24. The van der Waals surface area contributed by atoms with Crippen LogP contribution in [0.5, 0.6) is 5.75 Å². The number of nitrogens with zero attached hydrogens (tertiary/aromatic N) is 1. The molecule has 0 atom stereocenters. The zero-order valence-electron chi connectivity index (χ0n) is 10.6. The first-order valence-electron chi connectivity index (χ1n) is 6.47. The molecule has 96 valence electrons. The minimum absolute atomic E-state index is 0.347. The summed E-state index contributed by atoms with van der Waals surface area (Å²) < 4.78 is 11.2. The van der Waals surface area contributed by atoms with Crippen LogP contribution >= 0.6 is 0 Å². The second-order valence-corrected chi connectivity index (χ2v) is 4.97. The van der Waals surface area contributed by atoms with Crippen LogP contribution < -0.4 is 10.5 Å². The predicted octanol–water partition coefficient (Wildman–Crippen LogP) is 2.82. The lowest BCUT2D eigenvalue weighted by molar-refractivity contribution is 0.342. The Bertz CT molecular complexity index is 542. The molecular weight excluding hydrogens is 228 g/mol. The van der Waals surface area contributed by atoms with E-state index >= 15 is 0 Å². The Hall–Kier alpha value is -1.55. The van der Waals surface area contributed by atoms with Gasteiger partial charge in [-0.2, -0.15) is 0 Å². The molecule has 1 aliphatic rings. The maximum Gasteiger partial charge on any atom is 0.198 e. The van der Waals surface area contributed by atoms with Gasteiger partial charge in [0.05, 0.1) is 7.11 Å². The Morgan fingerprint density at radius 3 is 2.78 bits per heavy atom. The van der Waals surface area contributed by atoms with Gasteiger partial charge in [0.25, 0.3) is 0 Å². The number of ether oxygens (including phenoxy) is 1. The molecule has 0 saturated heterocycles. The molecule has 0 spiro atoms. The monoisotopic (exact) mass is 246 g/mol. The Morgan fingerprint density at radius 2 is 2.06 bits per heavy atom. The normalized spacial score (nSPS) is 24.3. The molecule has 1 fully saturated rings. The lowest BCUT2D eigenvalue weighted by atomic mass is 9.86. The van der Waals surface area contributed by atoms with Crippen molar-refractivity contribution >= 4 is 11.1 Å². The van der Waals surface area contributed by atoms with Crippen LogP contribution in [0.3, 0.4) is 0 Å². The van der Waals surface area contributed by atoms with Gasteiger partial charge in [-0.25, -0.2) is 4.98 Å². The van der Waals surface area contributed by atoms with E-state index in [4.69, 9.17) is 14.9 Å². The molecular formula is C14H18N2O2. The van der Waals surface area contributed by atoms with E-state index in [0.29, 0.717) is 12.0 Å². The number of rotatable bonds is 2. The van der Waals surface area contributed by atoms with Gasteiger partial charge in [0.1, 0.15) is 5.52 Å². The Kier molecular flexibility index (Phi) is 2.96. The van der Waals surface area contributed by atoms with Crippen molar-refractivity contribution in [2.75, 3.05) is 7.11 Å². The van der Waals surface area contributed by atoms with Crippen molar-refractivity contribution in [2.45, 2.75) is 37.6 Å². The molecule has 4 nitrogen and oxygen atoms in total. The third kappa shape index (κ3) is 1.97. The molecule has 1 aliphatic carbocycles. The highest BCUT2D eigenvalue weighted by atomic mass is 16.5. The fraction of sp³-hybridized carbons (Fsp3) is 0.500. The summed E-state index contributed by atoms with van der Waals surface area (Å²) in [5, 5.41) is 0. The van der Waals surface area contributed by atoms with Gasteiger partial charge in [-0.1, -0.05) is 6.07 Å². The third-order valence-electron chi connectivity index (χ3n) is 3.74. The van der Waals surface area contributed by atoms with Crippen LogP contribution in [-0.2, 0) is 0 Å². The summed E-state index contributed by atoms with van der Waals surface area (Å²) in [7, 11) is 1.65. The zero-order chi connectivity index (χ0) is 12.5. The number of hydrogen-bond donors (Lipinski definition) is 1. The van der Waals surface area contributed by atoms with Crippen molar-refractivity contribution in [1.82, 2.24) is 4.98 Å². The Balaban J connectivity index is 1.93. The second-order valence-electron chi connectivity index (χ2n) is 4.97. The van der Waals surface area contributed by atoms with Crippen molar-refractivity contribution in [3.63, 3.8) is 0 Å². The average Bonchev–Trinajstić information content (AvgIpc) is 2.83. The summed E-state index contributed by atoms with van der Waals surface area (Å²) in [5.74, 6) is 1.99. The maximum absolute atomic E-state index is 5.92. The van der Waals surface area contributed by atoms with Crippen LogP contribution in [0.1, 0.15) is 37.5 Å². The van der Waals surface area contributed by atoms with E-state index in [0.717, 1.165) is 48.4 Å². The Labute approximate surface area is 106 Å². The maximum atomic E-state index is 5.92. The first-order valence-corrected chi connectivity index (χ1v) is 6.47. The van der Waals surface area contributed by atoms with E-state index in [9.17, 15) is 0 Å². The molecule has 0 amide bonds. The quantitative estimate of drug-likeness (QED) is 0.885. The standard InChI is InChI=1S/C14H18N2O2/c1-17-12-4-2-3-11-13(12)18-14(16-11)9-5-7-10(15)8-6-9/h2-4,9-10H,5-8,15H2,1H3. The van der Waals surface area contributed by atoms with E-state index in [1.165, 1.54) is 0 Å². The summed E-state index contributed by atoms with van der Waals surface area (Å²) in [6, 6.07) is 6.14. The van der Waals surface area contributed by atoms with Crippen molar-refractivity contribution in [1.29, 1.82) is 0 Å². The van der Waals surface area contributed by atoms with Crippen molar-refractivity contribution < 1.29 is 9.15 Å². The minimum Gasteiger partial charge on any atom is -0.493 e. The van der Waals surface area contributed by atoms with Gasteiger partial charge >= 0.3 is 0 Å². The van der Waals surface area contributed by atoms with Crippen LogP contribution in [0, 0.1) is 0 Å². The summed E-state index contributed by atoms with van der Waals surface area (Å²) >= 11 is 0. The van der Waals surface area contributed by atoms with Crippen molar-refractivity contribution in [3.8, 4) is 5.75 Å². The molecule has 18 heavy (non-hydrogen) atoms. The fourth-order valence-corrected chi connectivity index (χ4v) is 2.64. The molecule has 1 saturated carbocycles. The number of aromatic nitrogens is 1. The van der Waals surface area contributed by atoms with Crippen LogP contribution in [0.15, 0.2) is 22.6 Å². The minimum atomic E-state index is 0.347. The number of benzene rings is 1. The van der Waals surface area contributed by atoms with Crippen LogP contribution in [0.4, 0.5) is 0 Å². The van der Waals surface area contributed by atoms with Gasteiger partial charge in [0, 0.05) is 12.0 Å². The van der Waals surface area contributed by atoms with Gasteiger partial charge < -0.3 is 14.9 Å². The predicted molar refractivity (Wildman–Crippen MR) is 69.7 cm³/mol. The smallest absolute Gasteiger partial charge is 0.198 e. The largest absolute Gasteiger partial charge is 0.493 e. The van der Waals surface area contributed by atoms with E-state index in [1.807, 2.05) is 18.2 Å². The number of fused-ring (bicyclic) bond motifs is 1. The molecule has 0 radical (unpaired) electrons. The molecule has 2 N–H and O–H groups in total.